The van der Waals surface area contributed by atoms with E-state index in [1.807, 2.05) is 31.2 Å². The number of rotatable bonds is 4. The molecule has 1 aromatic heterocycles. The van der Waals surface area contributed by atoms with Crippen LogP contribution in [0.25, 0.3) is 10.6 Å². The molecule has 1 aromatic carbocycles. The van der Waals surface area contributed by atoms with Crippen LogP contribution in [0.1, 0.15) is 22.3 Å². The van der Waals surface area contributed by atoms with E-state index in [0.29, 0.717) is 17.2 Å². The number of aromatic nitrogens is 1. The van der Waals surface area contributed by atoms with Gasteiger partial charge in [0.1, 0.15) is 15.6 Å². The molecule has 1 heterocycles. The van der Waals surface area contributed by atoms with Crippen LogP contribution in [0.5, 0.6) is 5.75 Å². The summed E-state index contributed by atoms with van der Waals surface area (Å²) in [6, 6.07) is 7.67. The molecule has 4 nitrogen and oxygen atoms in total. The molecule has 0 aliphatic carbocycles. The Kier molecular flexibility index (Phi) is 4.16. The summed E-state index contributed by atoms with van der Waals surface area (Å²) in [5, 5.41) is 0.791. The zero-order valence-electron chi connectivity index (χ0n) is 11.1. The van der Waals surface area contributed by atoms with Crippen molar-refractivity contribution in [2.24, 2.45) is 0 Å². The molecule has 100 valence electrons. The summed E-state index contributed by atoms with van der Waals surface area (Å²) in [4.78, 5) is 16.5. The van der Waals surface area contributed by atoms with Gasteiger partial charge in [-0.05, 0) is 26.0 Å². The minimum atomic E-state index is -0.345. The number of carbonyl (C=O) groups is 1. The monoisotopic (exact) mass is 277 g/mol. The number of carbonyl (C=O) groups excluding carboxylic acids is 1. The molecule has 0 aliphatic rings. The lowest BCUT2D eigenvalue weighted by atomic mass is 10.2. The lowest BCUT2D eigenvalue weighted by molar-refractivity contribution is 0.0605. The van der Waals surface area contributed by atoms with Crippen molar-refractivity contribution in [1.29, 1.82) is 0 Å². The van der Waals surface area contributed by atoms with Crippen molar-refractivity contribution in [1.82, 2.24) is 4.98 Å². The normalized spacial score (nSPS) is 10.3. The maximum Gasteiger partial charge on any atom is 0.349 e. The van der Waals surface area contributed by atoms with Crippen molar-refractivity contribution < 1.29 is 14.3 Å². The predicted octanol–water partition coefficient (Wildman–Crippen LogP) is 3.30. The molecule has 0 amide bonds. The second-order valence-corrected chi connectivity index (χ2v) is 4.89. The van der Waals surface area contributed by atoms with Gasteiger partial charge in [-0.15, -0.1) is 11.3 Å². The van der Waals surface area contributed by atoms with Crippen LogP contribution in [-0.4, -0.2) is 24.7 Å². The van der Waals surface area contributed by atoms with E-state index in [-0.39, 0.29) is 5.97 Å². The Morgan fingerprint density at radius 3 is 2.89 bits per heavy atom. The highest BCUT2D eigenvalue weighted by Crippen LogP contribution is 2.30. The Labute approximate surface area is 116 Å². The maximum absolute atomic E-state index is 11.6. The van der Waals surface area contributed by atoms with E-state index in [1.54, 1.807) is 6.92 Å². The maximum atomic E-state index is 11.6. The van der Waals surface area contributed by atoms with Crippen LogP contribution in [0.15, 0.2) is 24.3 Å². The number of methoxy groups -OCH3 is 1. The third-order valence-corrected chi connectivity index (χ3v) is 3.75. The van der Waals surface area contributed by atoms with Gasteiger partial charge in [-0.25, -0.2) is 9.78 Å². The topological polar surface area (TPSA) is 48.4 Å². The zero-order chi connectivity index (χ0) is 13.8. The highest BCUT2D eigenvalue weighted by Gasteiger charge is 2.16. The average Bonchev–Trinajstić information content (AvgIpc) is 2.81. The smallest absolute Gasteiger partial charge is 0.349 e. The van der Waals surface area contributed by atoms with Gasteiger partial charge in [0.15, 0.2) is 0 Å². The Bertz CT molecular complexity index is 592. The minimum absolute atomic E-state index is 0.345. The van der Waals surface area contributed by atoms with Crippen LogP contribution in [0, 0.1) is 6.92 Å². The summed E-state index contributed by atoms with van der Waals surface area (Å²) in [5.74, 6) is 0.453. The molecule has 0 fully saturated rings. The number of hydrogen-bond donors (Lipinski definition) is 0. The summed E-state index contributed by atoms with van der Waals surface area (Å²) in [6.07, 6.45) is 0. The van der Waals surface area contributed by atoms with E-state index in [4.69, 9.17) is 9.47 Å². The van der Waals surface area contributed by atoms with Crippen LogP contribution in [0.4, 0.5) is 0 Å². The zero-order valence-corrected chi connectivity index (χ0v) is 11.9. The van der Waals surface area contributed by atoms with E-state index < -0.39 is 0 Å². The quantitative estimate of drug-likeness (QED) is 0.804. The lowest BCUT2D eigenvalue weighted by Gasteiger charge is -2.03. The minimum Gasteiger partial charge on any atom is -0.494 e. The summed E-state index contributed by atoms with van der Waals surface area (Å²) in [5.41, 5.74) is 1.63. The van der Waals surface area contributed by atoms with Gasteiger partial charge < -0.3 is 9.47 Å². The molecule has 0 unspecified atom stereocenters. The van der Waals surface area contributed by atoms with Crippen LogP contribution >= 0.6 is 11.3 Å². The molecule has 2 rings (SSSR count). The number of esters is 1. The van der Waals surface area contributed by atoms with Crippen LogP contribution in [0.3, 0.4) is 0 Å². The van der Waals surface area contributed by atoms with Gasteiger partial charge in [-0.3, -0.25) is 0 Å². The second kappa shape index (κ2) is 5.84. The number of hydrogen-bond acceptors (Lipinski definition) is 5. The van der Waals surface area contributed by atoms with Gasteiger partial charge >= 0.3 is 5.97 Å². The molecular weight excluding hydrogens is 262 g/mol. The number of nitrogens with zero attached hydrogens (tertiary/aromatic N) is 1. The Morgan fingerprint density at radius 2 is 2.21 bits per heavy atom. The van der Waals surface area contributed by atoms with Crippen LogP contribution in [-0.2, 0) is 4.74 Å². The average molecular weight is 277 g/mol. The first-order valence-corrected chi connectivity index (χ1v) is 6.76. The first kappa shape index (κ1) is 13.5. The standard InChI is InChI=1S/C14H15NO3S/c1-4-18-11-7-5-6-10(8-11)13-15-9(2)12(19-13)14(16)17-3/h5-8H,4H2,1-3H3. The molecule has 0 spiro atoms. The van der Waals surface area contributed by atoms with E-state index in [2.05, 4.69) is 4.98 Å². The largest absolute Gasteiger partial charge is 0.494 e. The molecule has 0 N–H and O–H groups in total. The number of aryl methyl sites for hydroxylation is 1. The van der Waals surface area contributed by atoms with Crippen molar-refractivity contribution in [3.05, 3.63) is 34.8 Å². The van der Waals surface area contributed by atoms with Crippen LogP contribution < -0.4 is 4.74 Å². The molecule has 0 saturated carbocycles. The van der Waals surface area contributed by atoms with E-state index in [0.717, 1.165) is 16.3 Å². The molecular formula is C14H15NO3S. The molecule has 5 heteroatoms. The van der Waals surface area contributed by atoms with Gasteiger partial charge in [0, 0.05) is 5.56 Å². The Morgan fingerprint density at radius 1 is 1.42 bits per heavy atom. The molecule has 0 atom stereocenters. The molecule has 0 radical (unpaired) electrons. The predicted molar refractivity (Wildman–Crippen MR) is 74.8 cm³/mol. The first-order chi connectivity index (χ1) is 9.15. The second-order valence-electron chi connectivity index (χ2n) is 3.89. The lowest BCUT2D eigenvalue weighted by Crippen LogP contribution is -1.99. The van der Waals surface area contributed by atoms with Crippen molar-refractivity contribution >= 4 is 17.3 Å². The van der Waals surface area contributed by atoms with Crippen molar-refractivity contribution in [3.63, 3.8) is 0 Å². The Balaban J connectivity index is 2.36. The molecule has 2 aromatic rings. The molecule has 0 aliphatic heterocycles. The number of thiazole rings is 1. The third-order valence-electron chi connectivity index (χ3n) is 2.56. The van der Waals surface area contributed by atoms with Gasteiger partial charge in [0.25, 0.3) is 0 Å². The molecule has 19 heavy (non-hydrogen) atoms. The van der Waals surface area contributed by atoms with Crippen molar-refractivity contribution in [2.45, 2.75) is 13.8 Å². The molecule has 0 saturated heterocycles. The summed E-state index contributed by atoms with van der Waals surface area (Å²) in [7, 11) is 1.37. The van der Waals surface area contributed by atoms with Gasteiger partial charge in [0.05, 0.1) is 19.4 Å². The first-order valence-electron chi connectivity index (χ1n) is 5.94. The highest BCUT2D eigenvalue weighted by atomic mass is 32.1. The van der Waals surface area contributed by atoms with Crippen molar-refractivity contribution in [3.8, 4) is 16.3 Å². The van der Waals surface area contributed by atoms with Crippen LogP contribution in [0.2, 0.25) is 0 Å². The van der Waals surface area contributed by atoms with Crippen molar-refractivity contribution in [2.75, 3.05) is 13.7 Å². The van der Waals surface area contributed by atoms with Gasteiger partial charge in [-0.1, -0.05) is 12.1 Å². The molecule has 0 bridgehead atoms. The van der Waals surface area contributed by atoms with Gasteiger partial charge in [-0.2, -0.15) is 0 Å². The van der Waals surface area contributed by atoms with E-state index >= 15 is 0 Å². The van der Waals surface area contributed by atoms with Gasteiger partial charge in [0.2, 0.25) is 0 Å². The number of benzene rings is 1. The van der Waals surface area contributed by atoms with E-state index in [9.17, 15) is 4.79 Å². The third kappa shape index (κ3) is 2.93. The highest BCUT2D eigenvalue weighted by molar-refractivity contribution is 7.17. The fourth-order valence-corrected chi connectivity index (χ4v) is 2.67. The summed E-state index contributed by atoms with van der Waals surface area (Å²) < 4.78 is 10.2. The summed E-state index contributed by atoms with van der Waals surface area (Å²) in [6.45, 7) is 4.36. The van der Waals surface area contributed by atoms with E-state index in [1.165, 1.54) is 18.4 Å². The number of ether oxygens (including phenoxy) is 2. The fourth-order valence-electron chi connectivity index (χ4n) is 1.69. The fraction of sp³-hybridized carbons (Fsp3) is 0.286. The Hall–Kier alpha value is -1.88. The SMILES string of the molecule is CCOc1cccc(-c2nc(C)c(C(=O)OC)s2)c1. The summed E-state index contributed by atoms with van der Waals surface area (Å²) >= 11 is 1.33.